The molecule has 1 heterocycles. The van der Waals surface area contributed by atoms with Crippen LogP contribution in [-0.2, 0) is 0 Å². The lowest BCUT2D eigenvalue weighted by atomic mass is 9.92. The van der Waals surface area contributed by atoms with Crippen molar-refractivity contribution in [2.75, 3.05) is 14.1 Å². The predicted molar refractivity (Wildman–Crippen MR) is 67.0 cm³/mol. The average molecular weight is 233 g/mol. The minimum atomic E-state index is -0.0255. The maximum atomic E-state index is 12.3. The average Bonchev–Trinajstić information content (AvgIpc) is 2.57. The van der Waals surface area contributed by atoms with E-state index in [9.17, 15) is 4.79 Å². The second-order valence-corrected chi connectivity index (χ2v) is 4.82. The summed E-state index contributed by atoms with van der Waals surface area (Å²) < 4.78 is 2.07. The van der Waals surface area contributed by atoms with Crippen LogP contribution in [0.4, 0.5) is 0 Å². The Kier molecular flexibility index (Phi) is 3.05. The minimum absolute atomic E-state index is 0.0255. The third-order valence-corrected chi connectivity index (χ3v) is 3.46. The van der Waals surface area contributed by atoms with Crippen LogP contribution in [0.15, 0.2) is 18.5 Å². The third-order valence-electron chi connectivity index (χ3n) is 3.46. The molecule has 1 fully saturated rings. The second kappa shape index (κ2) is 4.35. The number of carbonyl (C=O) groups excluding carboxylic acids is 1. The van der Waals surface area contributed by atoms with Gasteiger partial charge in [0, 0.05) is 20.1 Å². The molecule has 1 saturated carbocycles. The molecule has 92 valence electrons. The Morgan fingerprint density at radius 3 is 2.65 bits per heavy atom. The maximum absolute atomic E-state index is 12.3. The van der Waals surface area contributed by atoms with Crippen LogP contribution in [0.3, 0.4) is 0 Å². The Morgan fingerprint density at radius 2 is 2.18 bits per heavy atom. The molecule has 1 aromatic rings. The van der Waals surface area contributed by atoms with Gasteiger partial charge in [0.25, 0.3) is 0 Å². The molecule has 0 N–H and O–H groups in total. The molecule has 2 rings (SSSR count). The highest BCUT2D eigenvalue weighted by atomic mass is 16.1. The van der Waals surface area contributed by atoms with E-state index in [0.717, 1.165) is 18.7 Å². The summed E-state index contributed by atoms with van der Waals surface area (Å²) in [5.74, 6) is 0.895. The number of hydrogen-bond donors (Lipinski definition) is 0. The number of rotatable bonds is 4. The molecule has 4 heteroatoms. The van der Waals surface area contributed by atoms with Crippen molar-refractivity contribution in [3.05, 3.63) is 30.0 Å². The van der Waals surface area contributed by atoms with Crippen molar-refractivity contribution in [3.8, 4) is 0 Å². The van der Waals surface area contributed by atoms with Crippen LogP contribution >= 0.6 is 0 Å². The summed E-state index contributed by atoms with van der Waals surface area (Å²) in [7, 11) is 3.66. The number of aryl methyl sites for hydroxylation is 1. The Hall–Kier alpha value is -1.58. The fourth-order valence-electron chi connectivity index (χ4n) is 2.08. The van der Waals surface area contributed by atoms with Gasteiger partial charge in [-0.25, -0.2) is 4.98 Å². The van der Waals surface area contributed by atoms with Gasteiger partial charge in [-0.1, -0.05) is 6.58 Å². The molecule has 0 aliphatic heterocycles. The van der Waals surface area contributed by atoms with E-state index in [0.29, 0.717) is 17.4 Å². The number of aromatic nitrogens is 2. The van der Waals surface area contributed by atoms with E-state index in [1.807, 2.05) is 21.0 Å². The molecule has 4 nitrogen and oxygen atoms in total. The van der Waals surface area contributed by atoms with Crippen LogP contribution in [0.2, 0.25) is 0 Å². The predicted octanol–water partition coefficient (Wildman–Crippen LogP) is 2.17. The highest BCUT2D eigenvalue weighted by Crippen LogP contribution is 2.34. The van der Waals surface area contributed by atoms with E-state index in [4.69, 9.17) is 0 Å². The van der Waals surface area contributed by atoms with Crippen LogP contribution in [0.5, 0.6) is 0 Å². The summed E-state index contributed by atoms with van der Waals surface area (Å²) in [4.78, 5) is 18.3. The molecule has 1 aliphatic carbocycles. The first-order valence-electron chi connectivity index (χ1n) is 5.97. The van der Waals surface area contributed by atoms with Crippen molar-refractivity contribution < 1.29 is 4.79 Å². The smallest absolute Gasteiger partial charge is 0.226 e. The van der Waals surface area contributed by atoms with Crippen molar-refractivity contribution in [1.29, 1.82) is 0 Å². The molecule has 17 heavy (non-hydrogen) atoms. The molecule has 0 spiro atoms. The number of likely N-dealkylation sites (N-methyl/N-ethyl adjacent to an activating group) is 1. The first-order valence-corrected chi connectivity index (χ1v) is 5.97. The number of ketones is 1. The van der Waals surface area contributed by atoms with E-state index < -0.39 is 0 Å². The molecular weight excluding hydrogens is 214 g/mol. The van der Waals surface area contributed by atoms with Gasteiger partial charge in [0.15, 0.2) is 0 Å². The fraction of sp³-hybridized carbons (Fsp3) is 0.538. The molecule has 0 amide bonds. The van der Waals surface area contributed by atoms with Crippen molar-refractivity contribution in [1.82, 2.24) is 14.5 Å². The zero-order valence-electron chi connectivity index (χ0n) is 10.7. The Morgan fingerprint density at radius 1 is 1.53 bits per heavy atom. The quantitative estimate of drug-likeness (QED) is 0.591. The molecular formula is C13H19N3O. The van der Waals surface area contributed by atoms with Gasteiger partial charge in [-0.15, -0.1) is 0 Å². The van der Waals surface area contributed by atoms with E-state index in [1.165, 1.54) is 6.42 Å². The molecule has 0 radical (unpaired) electrons. The summed E-state index contributed by atoms with van der Waals surface area (Å²) in [6.07, 6.45) is 5.20. The number of imidazole rings is 1. The Bertz CT molecular complexity index is 455. The van der Waals surface area contributed by atoms with Gasteiger partial charge in [0.2, 0.25) is 5.78 Å². The molecule has 0 aromatic carbocycles. The Labute approximate surface area is 102 Å². The first kappa shape index (κ1) is 11.9. The van der Waals surface area contributed by atoms with E-state index in [1.54, 1.807) is 11.1 Å². The molecule has 0 atom stereocenters. The van der Waals surface area contributed by atoms with Crippen LogP contribution in [0.25, 0.3) is 0 Å². The summed E-state index contributed by atoms with van der Waals surface area (Å²) in [5, 5.41) is 0. The highest BCUT2D eigenvalue weighted by molar-refractivity contribution is 6.06. The summed E-state index contributed by atoms with van der Waals surface area (Å²) in [6, 6.07) is 0.450. The topological polar surface area (TPSA) is 38.1 Å². The van der Waals surface area contributed by atoms with Crippen molar-refractivity contribution in [3.63, 3.8) is 0 Å². The standard InChI is InChI=1S/C13H19N3O/c1-9(15(3)4)13(17)12-8-14-10(2)16(12)11-6-5-7-11/h8,11H,1,5-7H2,2-4H3. The molecule has 1 aromatic heterocycles. The number of hydrogen-bond acceptors (Lipinski definition) is 3. The lowest BCUT2D eigenvalue weighted by Crippen LogP contribution is -2.25. The van der Waals surface area contributed by atoms with Gasteiger partial charge in [-0.2, -0.15) is 0 Å². The van der Waals surface area contributed by atoms with Gasteiger partial charge in [0.05, 0.1) is 11.9 Å². The van der Waals surface area contributed by atoms with Gasteiger partial charge >= 0.3 is 0 Å². The molecule has 1 aliphatic rings. The molecule has 0 saturated heterocycles. The van der Waals surface area contributed by atoms with Gasteiger partial charge in [-0.05, 0) is 26.2 Å². The van der Waals surface area contributed by atoms with E-state index in [2.05, 4.69) is 16.1 Å². The zero-order valence-corrected chi connectivity index (χ0v) is 10.7. The SMILES string of the molecule is C=C(C(=O)c1cnc(C)n1C1CCC1)N(C)C. The number of Topliss-reactive ketones (excluding diaryl/α,β-unsaturated/α-hetero) is 1. The lowest BCUT2D eigenvalue weighted by Gasteiger charge is -2.29. The molecule has 0 bridgehead atoms. The first-order chi connectivity index (χ1) is 8.02. The lowest BCUT2D eigenvalue weighted by molar-refractivity contribution is 0.0990. The largest absolute Gasteiger partial charge is 0.375 e. The number of allylic oxidation sites excluding steroid dienone is 1. The highest BCUT2D eigenvalue weighted by Gasteiger charge is 2.27. The van der Waals surface area contributed by atoms with Gasteiger partial charge in [-0.3, -0.25) is 4.79 Å². The van der Waals surface area contributed by atoms with Crippen molar-refractivity contribution >= 4 is 5.78 Å². The minimum Gasteiger partial charge on any atom is -0.375 e. The van der Waals surface area contributed by atoms with Crippen molar-refractivity contribution in [2.45, 2.75) is 32.2 Å². The molecule has 0 unspecified atom stereocenters. The van der Waals surface area contributed by atoms with Crippen LogP contribution in [0.1, 0.15) is 41.6 Å². The summed E-state index contributed by atoms with van der Waals surface area (Å²) >= 11 is 0. The maximum Gasteiger partial charge on any atom is 0.226 e. The third kappa shape index (κ3) is 1.99. The zero-order chi connectivity index (χ0) is 12.6. The van der Waals surface area contributed by atoms with Gasteiger partial charge < -0.3 is 9.47 Å². The second-order valence-electron chi connectivity index (χ2n) is 4.82. The van der Waals surface area contributed by atoms with Gasteiger partial charge in [0.1, 0.15) is 11.5 Å². The fourth-order valence-corrected chi connectivity index (χ4v) is 2.08. The Balaban J connectivity index is 2.32. The summed E-state index contributed by atoms with van der Waals surface area (Å²) in [5.41, 5.74) is 1.18. The summed E-state index contributed by atoms with van der Waals surface area (Å²) in [6.45, 7) is 5.77. The van der Waals surface area contributed by atoms with Crippen LogP contribution < -0.4 is 0 Å². The van der Waals surface area contributed by atoms with E-state index >= 15 is 0 Å². The van der Waals surface area contributed by atoms with Crippen molar-refractivity contribution in [2.24, 2.45) is 0 Å². The van der Waals surface area contributed by atoms with Crippen LogP contribution in [0, 0.1) is 6.92 Å². The van der Waals surface area contributed by atoms with Crippen LogP contribution in [-0.4, -0.2) is 34.3 Å². The monoisotopic (exact) mass is 233 g/mol. The number of nitrogens with zero attached hydrogens (tertiary/aromatic N) is 3. The van der Waals surface area contributed by atoms with E-state index in [-0.39, 0.29) is 5.78 Å². The number of carbonyl (C=O) groups is 1. The normalized spacial score (nSPS) is 15.5.